The van der Waals surface area contributed by atoms with Crippen molar-refractivity contribution in [2.75, 3.05) is 17.8 Å². The van der Waals surface area contributed by atoms with Crippen LogP contribution >= 0.6 is 0 Å². The number of fused-ring (bicyclic) bond motifs is 1. The zero-order valence-corrected chi connectivity index (χ0v) is 16.3. The fraction of sp³-hybridized carbons (Fsp3) is 0.300. The number of nitrogens with one attached hydrogen (secondary N) is 2. The van der Waals surface area contributed by atoms with Gasteiger partial charge in [0, 0.05) is 11.5 Å². The Morgan fingerprint density at radius 1 is 1.18 bits per heavy atom. The molecule has 0 radical (unpaired) electrons. The minimum absolute atomic E-state index is 0.00119. The molecular weight excluding hydrogens is 380 g/mol. The molecule has 0 saturated carbocycles. The van der Waals surface area contributed by atoms with E-state index in [1.165, 1.54) is 24.5 Å². The first-order valence-corrected chi connectivity index (χ1v) is 10.6. The lowest BCUT2D eigenvalue weighted by molar-refractivity contribution is 0.162. The summed E-state index contributed by atoms with van der Waals surface area (Å²) in [5.74, 6) is 0.271. The Balaban J connectivity index is 1.70. The third-order valence-electron chi connectivity index (χ3n) is 4.78. The fourth-order valence-electron chi connectivity index (χ4n) is 3.29. The van der Waals surface area contributed by atoms with Crippen LogP contribution in [0.2, 0.25) is 0 Å². The number of sulfonamides is 1. The fourth-order valence-corrected chi connectivity index (χ4v) is 4.41. The number of furan rings is 1. The van der Waals surface area contributed by atoms with E-state index in [2.05, 4.69) is 10.0 Å². The van der Waals surface area contributed by atoms with Crippen LogP contribution in [0.4, 0.5) is 5.69 Å². The normalized spacial score (nSPS) is 15.6. The summed E-state index contributed by atoms with van der Waals surface area (Å²) < 4.78 is 40.0. The molecule has 0 unspecified atom stereocenters. The summed E-state index contributed by atoms with van der Waals surface area (Å²) in [5, 5.41) is 13.9. The summed E-state index contributed by atoms with van der Waals surface area (Å²) >= 11 is 0. The monoisotopic (exact) mass is 402 g/mol. The highest BCUT2D eigenvalue weighted by Gasteiger charge is 2.22. The van der Waals surface area contributed by atoms with E-state index in [1.807, 2.05) is 6.92 Å². The van der Waals surface area contributed by atoms with Crippen LogP contribution in [0.25, 0.3) is 11.0 Å². The molecule has 2 heterocycles. The van der Waals surface area contributed by atoms with Crippen LogP contribution in [0.15, 0.2) is 52.0 Å². The van der Waals surface area contributed by atoms with E-state index in [9.17, 15) is 13.5 Å². The van der Waals surface area contributed by atoms with Gasteiger partial charge >= 0.3 is 0 Å². The highest BCUT2D eigenvalue weighted by atomic mass is 32.2. The third-order valence-corrected chi connectivity index (χ3v) is 6.12. The molecule has 0 aliphatic carbocycles. The number of phenolic OH excluding ortho intramolecular Hbond substituents is 1. The maximum atomic E-state index is 13.0. The van der Waals surface area contributed by atoms with Crippen molar-refractivity contribution >= 4 is 26.7 Å². The number of aryl methyl sites for hydroxylation is 1. The topological polar surface area (TPSA) is 101 Å². The van der Waals surface area contributed by atoms with Gasteiger partial charge in [-0.2, -0.15) is 0 Å². The molecule has 2 aromatic carbocycles. The number of benzene rings is 2. The smallest absolute Gasteiger partial charge is 0.262 e. The molecule has 148 valence electrons. The minimum atomic E-state index is -3.93. The van der Waals surface area contributed by atoms with Gasteiger partial charge in [0.15, 0.2) is 11.3 Å². The Morgan fingerprint density at radius 2 is 1.96 bits per heavy atom. The Bertz CT molecular complexity index is 1100. The van der Waals surface area contributed by atoms with Crippen LogP contribution in [0.5, 0.6) is 11.5 Å². The summed E-state index contributed by atoms with van der Waals surface area (Å²) in [4.78, 5) is 0.0474. The van der Waals surface area contributed by atoms with Gasteiger partial charge in [-0.15, -0.1) is 0 Å². The van der Waals surface area contributed by atoms with Crippen LogP contribution in [0, 0.1) is 6.92 Å². The lowest BCUT2D eigenvalue weighted by atomic mass is 10.1. The molecule has 1 aliphatic rings. The predicted octanol–water partition coefficient (Wildman–Crippen LogP) is 3.38. The number of rotatable bonds is 5. The van der Waals surface area contributed by atoms with Crippen LogP contribution < -0.4 is 14.8 Å². The molecule has 28 heavy (non-hydrogen) atoms. The molecule has 3 N–H and O–H groups in total. The molecule has 1 saturated heterocycles. The maximum absolute atomic E-state index is 13.0. The molecule has 7 nitrogen and oxygen atoms in total. The molecule has 1 fully saturated rings. The number of piperidine rings is 1. The zero-order chi connectivity index (χ0) is 19.7. The average molecular weight is 402 g/mol. The van der Waals surface area contributed by atoms with Crippen molar-refractivity contribution in [3.63, 3.8) is 0 Å². The Kier molecular flexibility index (Phi) is 4.91. The van der Waals surface area contributed by atoms with Crippen molar-refractivity contribution < 1.29 is 22.7 Å². The van der Waals surface area contributed by atoms with E-state index >= 15 is 0 Å². The molecule has 0 spiro atoms. The van der Waals surface area contributed by atoms with Gasteiger partial charge in [-0.05, 0) is 62.7 Å². The van der Waals surface area contributed by atoms with Gasteiger partial charge < -0.3 is 19.6 Å². The number of phenols is 1. The second kappa shape index (κ2) is 7.37. The van der Waals surface area contributed by atoms with Crippen molar-refractivity contribution in [2.24, 2.45) is 0 Å². The quantitative estimate of drug-likeness (QED) is 0.566. The van der Waals surface area contributed by atoms with Crippen LogP contribution in [-0.4, -0.2) is 32.7 Å². The van der Waals surface area contributed by atoms with Gasteiger partial charge in [-0.3, -0.25) is 4.72 Å². The molecule has 3 aromatic rings. The zero-order valence-electron chi connectivity index (χ0n) is 15.4. The van der Waals surface area contributed by atoms with E-state index < -0.39 is 10.0 Å². The SMILES string of the molecule is Cc1ccc(O)c(NS(=O)(=O)c2cc(OC3CCNCC3)c3occc3c2)c1. The maximum Gasteiger partial charge on any atom is 0.262 e. The van der Waals surface area contributed by atoms with Crippen molar-refractivity contribution in [1.29, 1.82) is 0 Å². The predicted molar refractivity (Wildman–Crippen MR) is 106 cm³/mol. The molecule has 0 atom stereocenters. The molecule has 8 heteroatoms. The van der Waals surface area contributed by atoms with Crippen molar-refractivity contribution in [3.05, 3.63) is 48.2 Å². The number of anilines is 1. The summed E-state index contributed by atoms with van der Waals surface area (Å²) in [6, 6.07) is 9.45. The molecular formula is C20H22N2O5S. The van der Waals surface area contributed by atoms with E-state index in [1.54, 1.807) is 18.2 Å². The Labute approximate surface area is 163 Å². The summed E-state index contributed by atoms with van der Waals surface area (Å²) in [6.45, 7) is 3.54. The first kappa shape index (κ1) is 18.6. The lowest BCUT2D eigenvalue weighted by Crippen LogP contribution is -2.34. The van der Waals surface area contributed by atoms with Crippen molar-refractivity contribution in [2.45, 2.75) is 30.8 Å². The first-order chi connectivity index (χ1) is 13.4. The number of hydrogen-bond donors (Lipinski definition) is 3. The van der Waals surface area contributed by atoms with Crippen LogP contribution in [-0.2, 0) is 10.0 Å². The van der Waals surface area contributed by atoms with E-state index in [0.717, 1.165) is 31.5 Å². The highest BCUT2D eigenvalue weighted by molar-refractivity contribution is 7.92. The largest absolute Gasteiger partial charge is 0.506 e. The number of hydrogen-bond acceptors (Lipinski definition) is 6. The molecule has 1 aliphatic heterocycles. The van der Waals surface area contributed by atoms with Crippen molar-refractivity contribution in [3.8, 4) is 11.5 Å². The number of ether oxygens (including phenoxy) is 1. The molecule has 0 amide bonds. The van der Waals surface area contributed by atoms with E-state index in [0.29, 0.717) is 16.7 Å². The second-order valence-electron chi connectivity index (χ2n) is 6.95. The van der Waals surface area contributed by atoms with Crippen LogP contribution in [0.1, 0.15) is 18.4 Å². The lowest BCUT2D eigenvalue weighted by Gasteiger charge is -2.24. The molecule has 4 rings (SSSR count). The minimum Gasteiger partial charge on any atom is -0.506 e. The van der Waals surface area contributed by atoms with Gasteiger partial charge in [-0.25, -0.2) is 8.42 Å². The highest BCUT2D eigenvalue weighted by Crippen LogP contribution is 2.34. The molecule has 1 aromatic heterocycles. The molecule has 0 bridgehead atoms. The van der Waals surface area contributed by atoms with Crippen LogP contribution in [0.3, 0.4) is 0 Å². The summed E-state index contributed by atoms with van der Waals surface area (Å²) in [7, 11) is -3.93. The third kappa shape index (κ3) is 3.79. The summed E-state index contributed by atoms with van der Waals surface area (Å²) in [6.07, 6.45) is 3.19. The Hall–Kier alpha value is -2.71. The van der Waals surface area contributed by atoms with Crippen molar-refractivity contribution in [1.82, 2.24) is 5.32 Å². The van der Waals surface area contributed by atoms with E-state index in [4.69, 9.17) is 9.15 Å². The Morgan fingerprint density at radius 3 is 2.75 bits per heavy atom. The average Bonchev–Trinajstić information content (AvgIpc) is 3.14. The van der Waals surface area contributed by atoms with E-state index in [-0.39, 0.29) is 22.4 Å². The van der Waals surface area contributed by atoms with Gasteiger partial charge in [0.05, 0.1) is 16.8 Å². The first-order valence-electron chi connectivity index (χ1n) is 9.13. The standard InChI is InChI=1S/C20H22N2O5S/c1-13-2-3-18(23)17(10-13)22-28(24,25)16-11-14-6-9-26-20(14)19(12-16)27-15-4-7-21-8-5-15/h2-3,6,9-12,15,21-23H,4-5,7-8H2,1H3. The summed E-state index contributed by atoms with van der Waals surface area (Å²) in [5.41, 5.74) is 1.49. The second-order valence-corrected chi connectivity index (χ2v) is 8.64. The van der Waals surface area contributed by atoms with Gasteiger partial charge in [0.25, 0.3) is 10.0 Å². The number of aromatic hydroxyl groups is 1. The van der Waals surface area contributed by atoms with Gasteiger partial charge in [-0.1, -0.05) is 6.07 Å². The van der Waals surface area contributed by atoms with Gasteiger partial charge in [0.1, 0.15) is 11.9 Å². The van der Waals surface area contributed by atoms with Gasteiger partial charge in [0.2, 0.25) is 0 Å².